The summed E-state index contributed by atoms with van der Waals surface area (Å²) in [5, 5.41) is 0. The lowest BCUT2D eigenvalue weighted by Crippen LogP contribution is -2.16. The third-order valence-corrected chi connectivity index (χ3v) is 1.12. The van der Waals surface area contributed by atoms with Crippen molar-refractivity contribution in [1.82, 2.24) is 0 Å². The zero-order valence-electron chi connectivity index (χ0n) is 6.96. The minimum atomic E-state index is -0.0764. The molecule has 3 unspecified atom stereocenters. The Hall–Kier alpha value is 0.350. The van der Waals surface area contributed by atoms with Crippen molar-refractivity contribution < 1.29 is 9.47 Å². The summed E-state index contributed by atoms with van der Waals surface area (Å²) < 4.78 is 10.6. The Morgan fingerprint density at radius 2 is 2.00 bits per heavy atom. The second-order valence-corrected chi connectivity index (χ2v) is 3.22. The maximum atomic E-state index is 5.29. The minimum absolute atomic E-state index is 0.0764. The Balaban J connectivity index is 3.16. The van der Waals surface area contributed by atoms with E-state index in [2.05, 4.69) is 16.2 Å². The van der Waals surface area contributed by atoms with Gasteiger partial charge in [0, 0.05) is 6.61 Å². The van der Waals surface area contributed by atoms with Gasteiger partial charge in [0.1, 0.15) is 0 Å². The van der Waals surface area contributed by atoms with Crippen LogP contribution in [0.25, 0.3) is 0 Å². The Bertz CT molecular complexity index is 76.0. The summed E-state index contributed by atoms with van der Waals surface area (Å²) in [6, 6.07) is 0. The molecule has 0 N–H and O–H groups in total. The van der Waals surface area contributed by atoms with E-state index in [1.807, 2.05) is 13.8 Å². The number of hydrogen-bond acceptors (Lipinski definition) is 2. The van der Waals surface area contributed by atoms with E-state index in [1.54, 1.807) is 0 Å². The van der Waals surface area contributed by atoms with Crippen LogP contribution in [0.4, 0.5) is 0 Å². The highest BCUT2D eigenvalue weighted by molar-refractivity contribution is 7.17. The molecule has 0 saturated carbocycles. The van der Waals surface area contributed by atoms with Crippen molar-refractivity contribution in [3.8, 4) is 0 Å². The average Bonchev–Trinajstić information content (AvgIpc) is 1.82. The van der Waals surface area contributed by atoms with Crippen LogP contribution in [0.2, 0.25) is 0 Å². The van der Waals surface area contributed by atoms with Gasteiger partial charge >= 0.3 is 0 Å². The van der Waals surface area contributed by atoms with Gasteiger partial charge in [-0.05, 0) is 20.3 Å². The zero-order valence-corrected chi connectivity index (χ0v) is 8.12. The highest BCUT2D eigenvalue weighted by Crippen LogP contribution is 2.05. The van der Waals surface area contributed by atoms with Crippen molar-refractivity contribution in [2.24, 2.45) is 0 Å². The average molecular weight is 164 g/mol. The van der Waals surface area contributed by atoms with E-state index >= 15 is 0 Å². The second-order valence-electron chi connectivity index (χ2n) is 2.28. The van der Waals surface area contributed by atoms with E-state index in [0.29, 0.717) is 0 Å². The van der Waals surface area contributed by atoms with E-state index in [1.165, 1.54) is 0 Å². The van der Waals surface area contributed by atoms with Gasteiger partial charge < -0.3 is 9.47 Å². The van der Waals surface area contributed by atoms with Gasteiger partial charge in [-0.25, -0.2) is 0 Å². The van der Waals surface area contributed by atoms with Gasteiger partial charge in [0.15, 0.2) is 6.29 Å². The molecule has 0 bridgehead atoms. The molecular formula is C7H17O2P. The van der Waals surface area contributed by atoms with E-state index < -0.39 is 0 Å². The van der Waals surface area contributed by atoms with Crippen LogP contribution in [-0.4, -0.2) is 18.7 Å². The molecule has 0 aliphatic rings. The van der Waals surface area contributed by atoms with Crippen molar-refractivity contribution in [1.29, 1.82) is 0 Å². The maximum Gasteiger partial charge on any atom is 0.155 e. The van der Waals surface area contributed by atoms with E-state index in [-0.39, 0.29) is 12.1 Å². The summed E-state index contributed by atoms with van der Waals surface area (Å²) in [7, 11) is 2.57. The van der Waals surface area contributed by atoms with Gasteiger partial charge in [0.05, 0.1) is 5.85 Å². The number of rotatable bonds is 5. The fraction of sp³-hybridized carbons (Fsp3) is 1.00. The van der Waals surface area contributed by atoms with E-state index in [9.17, 15) is 0 Å². The molecule has 62 valence electrons. The highest BCUT2D eigenvalue weighted by Gasteiger charge is 2.02. The Labute approximate surface area is 65.5 Å². The molecule has 0 aromatic carbocycles. The molecule has 0 radical (unpaired) electrons. The molecule has 0 heterocycles. The highest BCUT2D eigenvalue weighted by atomic mass is 31.0. The van der Waals surface area contributed by atoms with Gasteiger partial charge in [-0.3, -0.25) is 0 Å². The van der Waals surface area contributed by atoms with Gasteiger partial charge in [0.2, 0.25) is 0 Å². The van der Waals surface area contributed by atoms with E-state index in [0.717, 1.165) is 13.0 Å². The Morgan fingerprint density at radius 1 is 1.40 bits per heavy atom. The maximum absolute atomic E-state index is 5.29. The van der Waals surface area contributed by atoms with Crippen molar-refractivity contribution in [3.63, 3.8) is 0 Å². The third kappa shape index (κ3) is 6.47. The molecule has 0 aromatic heterocycles. The quantitative estimate of drug-likeness (QED) is 0.457. The second kappa shape index (κ2) is 6.09. The third-order valence-electron chi connectivity index (χ3n) is 0.963. The summed E-state index contributed by atoms with van der Waals surface area (Å²) in [6.45, 7) is 6.74. The monoisotopic (exact) mass is 164 g/mol. The molecule has 0 aliphatic heterocycles. The van der Waals surface area contributed by atoms with Crippen LogP contribution in [0.1, 0.15) is 27.2 Å². The predicted octanol–water partition coefficient (Wildman–Crippen LogP) is 2.00. The molecule has 0 fully saturated rings. The smallest absolute Gasteiger partial charge is 0.155 e. The fourth-order valence-corrected chi connectivity index (χ4v) is 0.847. The fourth-order valence-electron chi connectivity index (χ4n) is 0.625. The molecule has 2 nitrogen and oxygen atoms in total. The minimum Gasteiger partial charge on any atom is -0.353 e. The number of ether oxygens (including phenoxy) is 2. The van der Waals surface area contributed by atoms with Crippen LogP contribution in [0.15, 0.2) is 0 Å². The Morgan fingerprint density at radius 3 is 2.40 bits per heavy atom. The van der Waals surface area contributed by atoms with Crippen LogP contribution in [-0.2, 0) is 9.47 Å². The van der Waals surface area contributed by atoms with Crippen molar-refractivity contribution in [3.05, 3.63) is 0 Å². The summed E-state index contributed by atoms with van der Waals surface area (Å²) in [5.41, 5.74) is 0. The Kier molecular flexibility index (Phi) is 6.30. The van der Waals surface area contributed by atoms with Crippen molar-refractivity contribution in [2.45, 2.75) is 39.3 Å². The predicted molar refractivity (Wildman–Crippen MR) is 46.0 cm³/mol. The van der Waals surface area contributed by atoms with Crippen LogP contribution in [0, 0.1) is 0 Å². The van der Waals surface area contributed by atoms with E-state index in [4.69, 9.17) is 9.47 Å². The summed E-state index contributed by atoms with van der Waals surface area (Å²) >= 11 is 0. The molecule has 10 heavy (non-hydrogen) atoms. The molecular weight excluding hydrogens is 147 g/mol. The molecule has 0 aromatic rings. The first-order valence-corrected chi connectivity index (χ1v) is 4.36. The lowest BCUT2D eigenvalue weighted by molar-refractivity contribution is -0.135. The van der Waals surface area contributed by atoms with Gasteiger partial charge in [0.25, 0.3) is 0 Å². The molecule has 3 heteroatoms. The molecule has 0 saturated heterocycles. The lowest BCUT2D eigenvalue weighted by atomic mass is 10.5. The van der Waals surface area contributed by atoms with Crippen molar-refractivity contribution in [2.75, 3.05) is 6.61 Å². The largest absolute Gasteiger partial charge is 0.353 e. The van der Waals surface area contributed by atoms with Crippen LogP contribution >= 0.6 is 9.24 Å². The molecule has 0 spiro atoms. The summed E-state index contributed by atoms with van der Waals surface area (Å²) in [6.07, 6.45) is 0.964. The first-order valence-electron chi connectivity index (χ1n) is 3.69. The molecule has 0 aliphatic carbocycles. The van der Waals surface area contributed by atoms with Crippen LogP contribution in [0.5, 0.6) is 0 Å². The SMILES string of the molecule is CCCOC(C)OC(C)P. The van der Waals surface area contributed by atoms with Gasteiger partial charge in [-0.1, -0.05) is 6.92 Å². The molecule has 0 amide bonds. The number of hydrogen-bond donors (Lipinski definition) is 0. The van der Waals surface area contributed by atoms with Crippen molar-refractivity contribution >= 4 is 9.24 Å². The summed E-state index contributed by atoms with van der Waals surface area (Å²) in [5.74, 6) is 0.173. The first-order chi connectivity index (χ1) is 4.66. The molecule has 3 atom stereocenters. The standard InChI is InChI=1S/C7H17O2P/c1-4-5-8-6(2)9-7(3)10/h6-7H,4-5,10H2,1-3H3. The van der Waals surface area contributed by atoms with Gasteiger partial charge in [-0.2, -0.15) is 0 Å². The first kappa shape index (κ1) is 10.3. The topological polar surface area (TPSA) is 18.5 Å². The van der Waals surface area contributed by atoms with Gasteiger partial charge in [-0.15, -0.1) is 9.24 Å². The summed E-state index contributed by atoms with van der Waals surface area (Å²) in [4.78, 5) is 0. The van der Waals surface area contributed by atoms with Crippen LogP contribution in [0.3, 0.4) is 0 Å². The normalized spacial score (nSPS) is 16.8. The zero-order chi connectivity index (χ0) is 7.98. The van der Waals surface area contributed by atoms with Crippen LogP contribution < -0.4 is 0 Å². The molecule has 0 rings (SSSR count). The lowest BCUT2D eigenvalue weighted by Gasteiger charge is -2.15.